The smallest absolute Gasteiger partial charge is 0.174 e. The zero-order valence-electron chi connectivity index (χ0n) is 15.1. The molecule has 0 amide bonds. The number of aryl methyl sites for hydroxylation is 2. The Balaban J connectivity index is 1.41. The van der Waals surface area contributed by atoms with Gasteiger partial charge in [-0.25, -0.2) is 14.6 Å². The number of pyridine rings is 1. The van der Waals surface area contributed by atoms with Gasteiger partial charge in [-0.1, -0.05) is 6.07 Å². The molecule has 3 aromatic rings. The van der Waals surface area contributed by atoms with E-state index >= 15 is 0 Å². The molecule has 0 saturated carbocycles. The van der Waals surface area contributed by atoms with Crippen LogP contribution in [-0.4, -0.2) is 43.9 Å². The van der Waals surface area contributed by atoms with Crippen molar-refractivity contribution in [2.24, 2.45) is 0 Å². The van der Waals surface area contributed by atoms with Crippen LogP contribution in [0.2, 0.25) is 0 Å². The van der Waals surface area contributed by atoms with Crippen LogP contribution in [0.1, 0.15) is 24.2 Å². The molecule has 26 heavy (non-hydrogen) atoms. The zero-order chi connectivity index (χ0) is 17.9. The first-order valence-corrected chi connectivity index (χ1v) is 8.97. The molecule has 4 rings (SSSR count). The Morgan fingerprint density at radius 1 is 1.08 bits per heavy atom. The fraction of sp³-hybridized carbons (Fsp3) is 0.368. The first kappa shape index (κ1) is 16.5. The van der Waals surface area contributed by atoms with E-state index in [2.05, 4.69) is 36.3 Å². The minimum atomic E-state index is 0.389. The lowest BCUT2D eigenvalue weighted by molar-refractivity contribution is 0.522. The molecule has 0 atom stereocenters. The predicted octanol–water partition coefficient (Wildman–Crippen LogP) is 2.76. The number of nitrogens with one attached hydrogen (secondary N) is 1. The highest BCUT2D eigenvalue weighted by atomic mass is 15.3. The van der Waals surface area contributed by atoms with Crippen molar-refractivity contribution in [3.8, 4) is 5.82 Å². The Morgan fingerprint density at radius 3 is 2.62 bits per heavy atom. The summed E-state index contributed by atoms with van der Waals surface area (Å²) in [5.74, 6) is 2.59. The molecule has 7 nitrogen and oxygen atoms in total. The Bertz CT molecular complexity index is 867. The number of piperidine rings is 1. The van der Waals surface area contributed by atoms with E-state index in [4.69, 9.17) is 0 Å². The molecule has 1 aliphatic rings. The average molecular weight is 349 g/mol. The maximum Gasteiger partial charge on any atom is 0.174 e. The number of hydrogen-bond donors (Lipinski definition) is 1. The quantitative estimate of drug-likeness (QED) is 0.781. The van der Waals surface area contributed by atoms with Crippen LogP contribution >= 0.6 is 0 Å². The molecule has 1 aliphatic heterocycles. The highest BCUT2D eigenvalue weighted by Gasteiger charge is 2.20. The van der Waals surface area contributed by atoms with Crippen LogP contribution in [0.4, 0.5) is 11.6 Å². The van der Waals surface area contributed by atoms with Crippen LogP contribution in [0, 0.1) is 13.8 Å². The van der Waals surface area contributed by atoms with Gasteiger partial charge in [-0.2, -0.15) is 5.10 Å². The fourth-order valence-electron chi connectivity index (χ4n) is 3.39. The number of aromatic nitrogens is 5. The van der Waals surface area contributed by atoms with Gasteiger partial charge in [0.05, 0.1) is 18.1 Å². The lowest BCUT2D eigenvalue weighted by Gasteiger charge is -2.33. The van der Waals surface area contributed by atoms with E-state index < -0.39 is 0 Å². The molecule has 1 fully saturated rings. The summed E-state index contributed by atoms with van der Waals surface area (Å²) < 4.78 is 1.83. The van der Waals surface area contributed by atoms with Crippen molar-refractivity contribution in [1.29, 1.82) is 0 Å². The van der Waals surface area contributed by atoms with Gasteiger partial charge >= 0.3 is 0 Å². The predicted molar refractivity (Wildman–Crippen MR) is 102 cm³/mol. The second-order valence-electron chi connectivity index (χ2n) is 6.70. The van der Waals surface area contributed by atoms with Gasteiger partial charge in [0.25, 0.3) is 0 Å². The molecule has 134 valence electrons. The summed E-state index contributed by atoms with van der Waals surface area (Å²) in [4.78, 5) is 15.8. The monoisotopic (exact) mass is 349 g/mol. The van der Waals surface area contributed by atoms with E-state index in [1.165, 1.54) is 0 Å². The molecule has 0 aliphatic carbocycles. The van der Waals surface area contributed by atoms with Gasteiger partial charge in [0.1, 0.15) is 11.6 Å². The molecule has 0 unspecified atom stereocenters. The molecular weight excluding hydrogens is 326 g/mol. The topological polar surface area (TPSA) is 71.8 Å². The maximum atomic E-state index is 4.69. The number of nitrogens with zero attached hydrogens (tertiary/aromatic N) is 6. The third-order valence-corrected chi connectivity index (χ3v) is 4.67. The van der Waals surface area contributed by atoms with E-state index in [9.17, 15) is 0 Å². The van der Waals surface area contributed by atoms with Crippen molar-refractivity contribution in [3.05, 3.63) is 54.2 Å². The van der Waals surface area contributed by atoms with Crippen molar-refractivity contribution < 1.29 is 0 Å². The van der Waals surface area contributed by atoms with Crippen molar-refractivity contribution >= 4 is 11.6 Å². The molecule has 1 N–H and O–H groups in total. The number of hydrogen-bond acceptors (Lipinski definition) is 6. The SMILES string of the molecule is Cc1cc(C)n(-c2cncc(NC3CCN(c4ccccn4)CC3)n2)n1. The third kappa shape index (κ3) is 3.51. The Kier molecular flexibility index (Phi) is 4.51. The van der Waals surface area contributed by atoms with Gasteiger partial charge in [0.15, 0.2) is 5.82 Å². The highest BCUT2D eigenvalue weighted by Crippen LogP contribution is 2.20. The Hall–Kier alpha value is -2.96. The molecule has 0 spiro atoms. The van der Waals surface area contributed by atoms with Crippen LogP contribution < -0.4 is 10.2 Å². The van der Waals surface area contributed by atoms with Gasteiger partial charge in [0, 0.05) is 31.0 Å². The van der Waals surface area contributed by atoms with Gasteiger partial charge in [-0.15, -0.1) is 0 Å². The Morgan fingerprint density at radius 2 is 1.92 bits per heavy atom. The van der Waals surface area contributed by atoms with Crippen LogP contribution in [0.25, 0.3) is 5.82 Å². The summed E-state index contributed by atoms with van der Waals surface area (Å²) in [6.07, 6.45) is 7.46. The number of anilines is 2. The molecular formula is C19H23N7. The highest BCUT2D eigenvalue weighted by molar-refractivity contribution is 5.41. The van der Waals surface area contributed by atoms with Gasteiger partial charge in [0.2, 0.25) is 0 Å². The van der Waals surface area contributed by atoms with E-state index in [0.717, 1.165) is 54.8 Å². The maximum absolute atomic E-state index is 4.69. The van der Waals surface area contributed by atoms with E-state index in [1.807, 2.05) is 42.9 Å². The molecule has 0 aromatic carbocycles. The molecule has 0 radical (unpaired) electrons. The van der Waals surface area contributed by atoms with E-state index in [0.29, 0.717) is 6.04 Å². The molecule has 1 saturated heterocycles. The summed E-state index contributed by atoms with van der Waals surface area (Å²) in [5.41, 5.74) is 2.03. The zero-order valence-corrected chi connectivity index (χ0v) is 15.1. The van der Waals surface area contributed by atoms with Crippen molar-refractivity contribution in [3.63, 3.8) is 0 Å². The fourth-order valence-corrected chi connectivity index (χ4v) is 3.39. The first-order valence-electron chi connectivity index (χ1n) is 8.97. The van der Waals surface area contributed by atoms with Crippen molar-refractivity contribution in [2.45, 2.75) is 32.7 Å². The van der Waals surface area contributed by atoms with Crippen LogP contribution in [0.3, 0.4) is 0 Å². The first-order chi connectivity index (χ1) is 12.7. The summed E-state index contributed by atoms with van der Waals surface area (Å²) in [6, 6.07) is 8.48. The Labute approximate surface area is 153 Å². The lowest BCUT2D eigenvalue weighted by Crippen LogP contribution is -2.39. The summed E-state index contributed by atoms with van der Waals surface area (Å²) in [7, 11) is 0. The van der Waals surface area contributed by atoms with E-state index in [-0.39, 0.29) is 0 Å². The van der Waals surface area contributed by atoms with Gasteiger partial charge in [-0.05, 0) is 44.9 Å². The summed E-state index contributed by atoms with van der Waals surface area (Å²) in [5, 5.41) is 8.01. The summed E-state index contributed by atoms with van der Waals surface area (Å²) in [6.45, 7) is 5.97. The van der Waals surface area contributed by atoms with Crippen LogP contribution in [0.5, 0.6) is 0 Å². The van der Waals surface area contributed by atoms with Crippen molar-refractivity contribution in [1.82, 2.24) is 24.7 Å². The molecule has 3 aromatic heterocycles. The van der Waals surface area contributed by atoms with Crippen LogP contribution in [-0.2, 0) is 0 Å². The normalized spacial score (nSPS) is 15.2. The molecule has 4 heterocycles. The summed E-state index contributed by atoms with van der Waals surface area (Å²) >= 11 is 0. The van der Waals surface area contributed by atoms with Crippen molar-refractivity contribution in [2.75, 3.05) is 23.3 Å². The average Bonchev–Trinajstić information content (AvgIpc) is 3.01. The lowest BCUT2D eigenvalue weighted by atomic mass is 10.1. The minimum Gasteiger partial charge on any atom is -0.366 e. The second kappa shape index (κ2) is 7.11. The number of rotatable bonds is 4. The molecule has 0 bridgehead atoms. The van der Waals surface area contributed by atoms with Gasteiger partial charge in [-0.3, -0.25) is 4.98 Å². The molecule has 7 heteroatoms. The minimum absolute atomic E-state index is 0.389. The third-order valence-electron chi connectivity index (χ3n) is 4.67. The second-order valence-corrected chi connectivity index (χ2v) is 6.70. The standard InChI is InChI=1S/C19H23N7/c1-14-11-15(2)26(24-14)19-13-20-12-17(23-19)22-16-6-9-25(10-7-16)18-5-3-4-8-21-18/h3-5,8,11-13,16H,6-7,9-10H2,1-2H3,(H,22,23). The van der Waals surface area contributed by atoms with E-state index in [1.54, 1.807) is 12.4 Å². The van der Waals surface area contributed by atoms with Crippen LogP contribution in [0.15, 0.2) is 42.9 Å². The van der Waals surface area contributed by atoms with Gasteiger partial charge < -0.3 is 10.2 Å². The largest absolute Gasteiger partial charge is 0.366 e.